The first-order chi connectivity index (χ1) is 25.4. The van der Waals surface area contributed by atoms with Crippen LogP contribution in [0.5, 0.6) is 0 Å². The van der Waals surface area contributed by atoms with E-state index in [1.54, 1.807) is 5.19 Å². The monoisotopic (exact) mass is 696 g/mol. The van der Waals surface area contributed by atoms with E-state index in [1.807, 2.05) is 0 Å². The van der Waals surface area contributed by atoms with Crippen LogP contribution >= 0.6 is 0 Å². The smallest absolute Gasteiger partial charge is 0.333 e. The van der Waals surface area contributed by atoms with Crippen molar-refractivity contribution < 1.29 is 0 Å². The lowest BCUT2D eigenvalue weighted by Crippen LogP contribution is -2.78. The molecule has 7 aromatic carbocycles. The first-order valence-corrected chi connectivity index (χ1v) is 23.8. The summed E-state index contributed by atoms with van der Waals surface area (Å²) in [4.78, 5) is 5.47. The van der Waals surface area contributed by atoms with Crippen LogP contribution in [0.2, 0.25) is 13.1 Å². The van der Waals surface area contributed by atoms with Gasteiger partial charge in [-0.1, -0.05) is 154 Å². The summed E-state index contributed by atoms with van der Waals surface area (Å²) >= 11 is 0. The molecule has 0 amide bonds. The molecule has 0 N–H and O–H groups in total. The molecule has 7 aromatic rings. The zero-order chi connectivity index (χ0) is 34.7. The summed E-state index contributed by atoms with van der Waals surface area (Å²) in [5, 5.41) is 9.14. The molecule has 5 heteroatoms. The maximum Gasteiger partial charge on any atom is 0.333 e. The van der Waals surface area contributed by atoms with Crippen molar-refractivity contribution in [1.29, 1.82) is 0 Å². The Bertz CT molecular complexity index is 2700. The number of hydrogen-bond acceptors (Lipinski definition) is 2. The quantitative estimate of drug-likeness (QED) is 0.186. The number of fused-ring (bicyclic) bond motifs is 15. The van der Waals surface area contributed by atoms with Crippen LogP contribution in [-0.2, 0) is 0 Å². The fourth-order valence-electron chi connectivity index (χ4n) is 11.0. The molecular formula is C47H37BN2Si2. The fourth-order valence-corrected chi connectivity index (χ4v) is 19.6. The highest BCUT2D eigenvalue weighted by Crippen LogP contribution is 2.50. The Kier molecular flexibility index (Phi) is 5.48. The summed E-state index contributed by atoms with van der Waals surface area (Å²) in [5.41, 5.74) is 16.8. The predicted molar refractivity (Wildman–Crippen MR) is 227 cm³/mol. The van der Waals surface area contributed by atoms with Crippen molar-refractivity contribution in [3.63, 3.8) is 0 Å². The van der Waals surface area contributed by atoms with E-state index < -0.39 is 16.1 Å². The molecule has 0 unspecified atom stereocenters. The molecule has 5 aliphatic rings. The van der Waals surface area contributed by atoms with E-state index in [1.165, 1.54) is 93.1 Å². The molecule has 12 rings (SSSR count). The van der Waals surface area contributed by atoms with Crippen molar-refractivity contribution in [1.82, 2.24) is 0 Å². The Labute approximate surface area is 308 Å². The molecule has 246 valence electrons. The van der Waals surface area contributed by atoms with Crippen molar-refractivity contribution in [2.24, 2.45) is 0 Å². The summed E-state index contributed by atoms with van der Waals surface area (Å²) in [6.45, 7) is 9.88. The fraction of sp³-hybridized carbons (Fsp3) is 0.106. The minimum absolute atomic E-state index is 0.0560. The van der Waals surface area contributed by atoms with Crippen molar-refractivity contribution in [2.75, 3.05) is 9.71 Å². The van der Waals surface area contributed by atoms with E-state index in [0.717, 1.165) is 0 Å². The minimum atomic E-state index is -2.68. The van der Waals surface area contributed by atoms with E-state index >= 15 is 0 Å². The van der Waals surface area contributed by atoms with Gasteiger partial charge in [0.1, 0.15) is 8.07 Å². The number of hydrogen-bond donors (Lipinski definition) is 0. The van der Waals surface area contributed by atoms with Gasteiger partial charge >= 0.3 is 6.85 Å². The predicted octanol–water partition coefficient (Wildman–Crippen LogP) is 6.32. The third-order valence-corrected chi connectivity index (χ3v) is 21.6. The van der Waals surface area contributed by atoms with Crippen molar-refractivity contribution in [2.45, 2.75) is 32.9 Å². The van der Waals surface area contributed by atoms with E-state index in [9.17, 15) is 0 Å². The van der Waals surface area contributed by atoms with E-state index in [-0.39, 0.29) is 6.85 Å². The maximum atomic E-state index is 2.80. The van der Waals surface area contributed by atoms with Crippen LogP contribution in [0.1, 0.15) is 25.3 Å². The van der Waals surface area contributed by atoms with Crippen LogP contribution in [0.4, 0.5) is 28.4 Å². The second-order valence-corrected chi connectivity index (χ2v) is 24.2. The zero-order valence-corrected chi connectivity index (χ0v) is 31.9. The van der Waals surface area contributed by atoms with Gasteiger partial charge in [-0.05, 0) is 88.4 Å². The molecule has 0 radical (unpaired) electrons. The second kappa shape index (κ2) is 9.74. The first kappa shape index (κ1) is 29.2. The second-order valence-electron chi connectivity index (χ2n) is 16.2. The lowest BCUT2D eigenvalue weighted by molar-refractivity contribution is 0.867. The normalized spacial score (nSPS) is 16.4. The summed E-state index contributed by atoms with van der Waals surface area (Å²) in [7, 11) is -4.69. The van der Waals surface area contributed by atoms with Crippen molar-refractivity contribution >= 4 is 93.5 Å². The molecule has 0 aliphatic carbocycles. The Balaban J connectivity index is 1.27. The highest BCUT2D eigenvalue weighted by atomic mass is 28.3. The molecule has 0 atom stereocenters. The van der Waals surface area contributed by atoms with Gasteiger partial charge in [0.15, 0.2) is 8.07 Å². The van der Waals surface area contributed by atoms with Gasteiger partial charge in [0.05, 0.1) is 0 Å². The Morgan fingerprint density at radius 3 is 1.79 bits per heavy atom. The molecule has 1 spiro atoms. The average Bonchev–Trinajstić information content (AvgIpc) is 3.47. The summed E-state index contributed by atoms with van der Waals surface area (Å²) in [6, 6.07) is 57.1. The third-order valence-electron chi connectivity index (χ3n) is 13.2. The molecule has 5 aliphatic heterocycles. The Hall–Kier alpha value is -5.36. The molecule has 0 fully saturated rings. The summed E-state index contributed by atoms with van der Waals surface area (Å²) < 4.78 is 0. The molecule has 0 saturated heterocycles. The first-order valence-electron chi connectivity index (χ1n) is 18.8. The van der Waals surface area contributed by atoms with Crippen LogP contribution < -0.4 is 51.8 Å². The number of benzene rings is 7. The highest BCUT2D eigenvalue weighted by molar-refractivity contribution is 7.24. The van der Waals surface area contributed by atoms with Gasteiger partial charge in [-0.25, -0.2) is 0 Å². The summed E-state index contributed by atoms with van der Waals surface area (Å²) in [6.07, 6.45) is 0. The SMILES string of the molecule is CC(C)c1cc2c3c(c1)N1c4ccccc4[Si](C)(C)c4cccc(c41)B3N1c3ccccc3[Si]3(c4ccccc4-c4ccccc43)c3cccc-2c31. The number of para-hydroxylation sites is 4. The van der Waals surface area contributed by atoms with E-state index in [4.69, 9.17) is 0 Å². The van der Waals surface area contributed by atoms with Gasteiger partial charge in [-0.3, -0.25) is 0 Å². The van der Waals surface area contributed by atoms with Gasteiger partial charge in [0.25, 0.3) is 0 Å². The van der Waals surface area contributed by atoms with Gasteiger partial charge in [0.2, 0.25) is 0 Å². The van der Waals surface area contributed by atoms with Gasteiger partial charge in [0, 0.05) is 34.0 Å². The van der Waals surface area contributed by atoms with E-state index in [0.29, 0.717) is 5.92 Å². The highest BCUT2D eigenvalue weighted by Gasteiger charge is 2.58. The molecule has 0 aromatic heterocycles. The number of nitrogens with zero attached hydrogens (tertiary/aromatic N) is 2. The molecule has 2 nitrogen and oxygen atoms in total. The average molecular weight is 697 g/mol. The zero-order valence-electron chi connectivity index (χ0n) is 29.9. The lowest BCUT2D eigenvalue weighted by Gasteiger charge is -2.53. The number of anilines is 5. The van der Waals surface area contributed by atoms with Crippen LogP contribution in [0, 0.1) is 0 Å². The molecule has 0 bridgehead atoms. The maximum absolute atomic E-state index is 2.80. The topological polar surface area (TPSA) is 6.48 Å². The van der Waals surface area contributed by atoms with Crippen molar-refractivity contribution in [3.05, 3.63) is 151 Å². The largest absolute Gasteiger partial charge is 0.376 e. The molecular weight excluding hydrogens is 660 g/mol. The standard InChI is InChI=1S/C47H37BN2Si2/c1-29(2)30-27-34-33-17-13-26-44-46(33)50(37-20-8-12-24-42(37)52(44)39-21-9-5-15-31(39)32-16-6-10-22-40(32)52)48-35-18-14-25-43-47(35)49(38(28-30)45(34)48)36-19-7-11-23-41(36)51(43,3)4/h5-29H,1-4H3. The Morgan fingerprint density at radius 1 is 0.481 bits per heavy atom. The third kappa shape index (κ3) is 3.21. The van der Waals surface area contributed by atoms with E-state index in [2.05, 4.69) is 182 Å². The lowest BCUT2D eigenvalue weighted by atomic mass is 9.43. The van der Waals surface area contributed by atoms with Gasteiger partial charge in [-0.2, -0.15) is 0 Å². The number of rotatable bonds is 1. The molecule has 52 heavy (non-hydrogen) atoms. The van der Waals surface area contributed by atoms with Crippen LogP contribution in [0.3, 0.4) is 0 Å². The molecule has 0 saturated carbocycles. The van der Waals surface area contributed by atoms with Crippen LogP contribution in [-0.4, -0.2) is 23.0 Å². The van der Waals surface area contributed by atoms with Gasteiger partial charge in [-0.15, -0.1) is 0 Å². The van der Waals surface area contributed by atoms with Crippen LogP contribution in [0.15, 0.2) is 146 Å². The summed E-state index contributed by atoms with van der Waals surface area (Å²) in [5.74, 6) is 0.398. The van der Waals surface area contributed by atoms with Gasteiger partial charge < -0.3 is 9.71 Å². The molecule has 5 heterocycles. The Morgan fingerprint density at radius 2 is 1.06 bits per heavy atom. The van der Waals surface area contributed by atoms with Crippen LogP contribution in [0.25, 0.3) is 22.3 Å². The van der Waals surface area contributed by atoms with Crippen molar-refractivity contribution in [3.8, 4) is 22.3 Å². The minimum Gasteiger partial charge on any atom is -0.376 e.